The number of methoxy groups -OCH3 is 1. The lowest BCUT2D eigenvalue weighted by Gasteiger charge is -2.29. The van der Waals surface area contributed by atoms with E-state index in [0.29, 0.717) is 39.8 Å². The maximum absolute atomic E-state index is 14.4. The largest absolute Gasteiger partial charge is 0.495 e. The molecule has 11 heteroatoms. The fourth-order valence-electron chi connectivity index (χ4n) is 4.47. The van der Waals surface area contributed by atoms with Crippen LogP contribution in [0, 0.1) is 11.6 Å². The van der Waals surface area contributed by atoms with Gasteiger partial charge in [0, 0.05) is 35.8 Å². The van der Waals surface area contributed by atoms with Gasteiger partial charge in [-0.25, -0.2) is 18.3 Å². The molecule has 0 fully saturated rings. The molecule has 0 atom stereocenters. The molecule has 3 aromatic carbocycles. The Bertz CT molecular complexity index is 1640. The predicted octanol–water partition coefficient (Wildman–Crippen LogP) is 5.64. The van der Waals surface area contributed by atoms with Crippen LogP contribution in [0.4, 0.5) is 14.7 Å². The zero-order valence-electron chi connectivity index (χ0n) is 20.7. The molecule has 0 radical (unpaired) electrons. The Morgan fingerprint density at radius 2 is 1.87 bits per heavy atom. The number of carbonyl (C=O) groups is 1. The molecule has 1 amide bonds. The minimum absolute atomic E-state index is 0.0710. The second-order valence-corrected chi connectivity index (χ2v) is 9.68. The summed E-state index contributed by atoms with van der Waals surface area (Å²) in [5, 5.41) is 3.62. The van der Waals surface area contributed by atoms with E-state index < -0.39 is 11.6 Å². The highest BCUT2D eigenvalue weighted by atomic mass is 35.5. The molecule has 1 aliphatic heterocycles. The molecule has 0 bridgehead atoms. The van der Waals surface area contributed by atoms with Crippen LogP contribution in [-0.2, 0) is 19.5 Å². The van der Waals surface area contributed by atoms with Crippen LogP contribution in [0.25, 0.3) is 5.69 Å². The quantitative estimate of drug-likeness (QED) is 0.325. The average molecular weight is 571 g/mol. The minimum atomic E-state index is -0.731. The third kappa shape index (κ3) is 5.32. The van der Waals surface area contributed by atoms with Gasteiger partial charge in [0.05, 0.1) is 35.1 Å². The van der Waals surface area contributed by atoms with E-state index in [0.717, 1.165) is 12.1 Å². The van der Waals surface area contributed by atoms with E-state index >= 15 is 0 Å². The first-order valence-electron chi connectivity index (χ1n) is 12.0. The van der Waals surface area contributed by atoms with Gasteiger partial charge in [0.1, 0.15) is 17.4 Å². The van der Waals surface area contributed by atoms with Gasteiger partial charge >= 0.3 is 0 Å². The van der Waals surface area contributed by atoms with Gasteiger partial charge < -0.3 is 15.0 Å². The third-order valence-corrected chi connectivity index (χ3v) is 7.21. The van der Waals surface area contributed by atoms with Gasteiger partial charge in [-0.1, -0.05) is 41.4 Å². The van der Waals surface area contributed by atoms with Gasteiger partial charge in [-0.2, -0.15) is 0 Å². The molecule has 1 aromatic heterocycles. The maximum atomic E-state index is 14.4. The van der Waals surface area contributed by atoms with Crippen LogP contribution in [0.15, 0.2) is 65.5 Å². The number of para-hydroxylation sites is 2. The van der Waals surface area contributed by atoms with Crippen molar-refractivity contribution >= 4 is 35.1 Å². The smallest absolute Gasteiger partial charge is 0.263 e. The van der Waals surface area contributed by atoms with Crippen LogP contribution in [0.3, 0.4) is 0 Å². The molecule has 0 unspecified atom stereocenters. The number of amides is 1. The number of hydrogen-bond acceptors (Lipinski definition) is 5. The van der Waals surface area contributed by atoms with Crippen LogP contribution >= 0.6 is 23.2 Å². The second-order valence-electron chi connectivity index (χ2n) is 8.87. The zero-order chi connectivity index (χ0) is 27.7. The normalized spacial score (nSPS) is 12.7. The molecular formula is C28H22Cl2F2N4O3. The lowest BCUT2D eigenvalue weighted by atomic mass is 10.0. The number of halogens is 4. The van der Waals surface area contributed by atoms with Gasteiger partial charge in [-0.3, -0.25) is 9.59 Å². The van der Waals surface area contributed by atoms with Crippen LogP contribution in [0.1, 0.15) is 27.2 Å². The number of fused-ring (bicyclic) bond motifs is 1. The molecule has 1 N–H and O–H groups in total. The number of aromatic nitrogens is 2. The van der Waals surface area contributed by atoms with E-state index in [4.69, 9.17) is 32.9 Å². The fourth-order valence-corrected chi connectivity index (χ4v) is 4.77. The van der Waals surface area contributed by atoms with Crippen molar-refractivity contribution in [2.24, 2.45) is 0 Å². The van der Waals surface area contributed by atoms with E-state index in [2.05, 4.69) is 5.32 Å². The Hall–Kier alpha value is -3.95. The summed E-state index contributed by atoms with van der Waals surface area (Å²) >= 11 is 12.1. The molecular weight excluding hydrogens is 549 g/mol. The highest BCUT2D eigenvalue weighted by Gasteiger charge is 2.28. The maximum Gasteiger partial charge on any atom is 0.263 e. The molecule has 0 aliphatic carbocycles. The van der Waals surface area contributed by atoms with Crippen LogP contribution in [-0.4, -0.2) is 34.0 Å². The van der Waals surface area contributed by atoms with Crippen molar-refractivity contribution in [2.75, 3.05) is 19.0 Å². The van der Waals surface area contributed by atoms with Gasteiger partial charge in [0.25, 0.3) is 11.5 Å². The number of rotatable bonds is 6. The summed E-state index contributed by atoms with van der Waals surface area (Å²) in [6.07, 6.45) is 0.274. The summed E-state index contributed by atoms with van der Waals surface area (Å²) in [5.41, 5.74) is 1.52. The SMILES string of the molecule is COc1ccccc1-n1c(NCc2ccc(F)cc2F)nc2c(c1=O)CCN(C(=O)c1ccc(Cl)c(Cl)c1)C2. The molecule has 200 valence electrons. The summed E-state index contributed by atoms with van der Waals surface area (Å²) in [6.45, 7) is 0.302. The minimum Gasteiger partial charge on any atom is -0.495 e. The highest BCUT2D eigenvalue weighted by molar-refractivity contribution is 6.42. The van der Waals surface area contributed by atoms with Crippen molar-refractivity contribution in [3.05, 3.63) is 115 Å². The fraction of sp³-hybridized carbons (Fsp3) is 0.179. The lowest BCUT2D eigenvalue weighted by Crippen LogP contribution is -2.41. The van der Waals surface area contributed by atoms with Gasteiger partial charge in [0.15, 0.2) is 0 Å². The summed E-state index contributed by atoms with van der Waals surface area (Å²) in [6, 6.07) is 14.8. The molecule has 2 heterocycles. The second kappa shape index (κ2) is 11.0. The summed E-state index contributed by atoms with van der Waals surface area (Å²) in [5.74, 6) is -1.15. The topological polar surface area (TPSA) is 76.5 Å². The summed E-state index contributed by atoms with van der Waals surface area (Å²) in [7, 11) is 1.49. The van der Waals surface area contributed by atoms with Gasteiger partial charge in [-0.05, 0) is 42.8 Å². The Morgan fingerprint density at radius 3 is 2.62 bits per heavy atom. The van der Waals surface area contributed by atoms with E-state index in [1.165, 1.54) is 23.8 Å². The zero-order valence-corrected chi connectivity index (χ0v) is 22.2. The first-order valence-corrected chi connectivity index (χ1v) is 12.7. The standard InChI is InChI=1S/C28H22Cl2F2N4O3/c1-39-25-5-3-2-4-24(25)36-27(38)19-10-11-35(26(37)16-7-9-20(29)21(30)12-16)15-23(19)34-28(36)33-14-17-6-8-18(31)13-22(17)32/h2-9,12-13H,10-11,14-15H2,1H3,(H,33,34). The van der Waals surface area contributed by atoms with Crippen LogP contribution in [0.2, 0.25) is 10.0 Å². The van der Waals surface area contributed by atoms with Crippen molar-refractivity contribution < 1.29 is 18.3 Å². The van der Waals surface area contributed by atoms with Crippen molar-refractivity contribution in [3.8, 4) is 11.4 Å². The molecule has 5 rings (SSSR count). The van der Waals surface area contributed by atoms with Crippen molar-refractivity contribution in [1.29, 1.82) is 0 Å². The molecule has 1 aliphatic rings. The number of carbonyl (C=O) groups excluding carboxylic acids is 1. The van der Waals surface area contributed by atoms with Crippen molar-refractivity contribution in [2.45, 2.75) is 19.5 Å². The Balaban J connectivity index is 1.55. The Morgan fingerprint density at radius 1 is 1.08 bits per heavy atom. The van der Waals surface area contributed by atoms with E-state index in [1.807, 2.05) is 0 Å². The molecule has 0 saturated carbocycles. The highest BCUT2D eigenvalue weighted by Crippen LogP contribution is 2.28. The first kappa shape index (κ1) is 26.6. The summed E-state index contributed by atoms with van der Waals surface area (Å²) in [4.78, 5) is 33.3. The first-order chi connectivity index (χ1) is 18.8. The average Bonchev–Trinajstić information content (AvgIpc) is 2.93. The molecule has 0 saturated heterocycles. The number of nitrogens with one attached hydrogen (secondary N) is 1. The van der Waals surface area contributed by atoms with E-state index in [9.17, 15) is 18.4 Å². The number of ether oxygens (including phenoxy) is 1. The monoisotopic (exact) mass is 570 g/mol. The van der Waals surface area contributed by atoms with E-state index in [1.54, 1.807) is 41.3 Å². The number of nitrogens with zero attached hydrogens (tertiary/aromatic N) is 3. The Labute approximate surface area is 232 Å². The van der Waals surface area contributed by atoms with Gasteiger partial charge in [-0.15, -0.1) is 0 Å². The molecule has 39 heavy (non-hydrogen) atoms. The molecule has 7 nitrogen and oxygen atoms in total. The Kier molecular flexibility index (Phi) is 7.54. The van der Waals surface area contributed by atoms with Crippen molar-refractivity contribution in [1.82, 2.24) is 14.5 Å². The number of benzene rings is 3. The van der Waals surface area contributed by atoms with Gasteiger partial charge in [0.2, 0.25) is 5.95 Å². The van der Waals surface area contributed by atoms with E-state index in [-0.39, 0.29) is 47.5 Å². The third-order valence-electron chi connectivity index (χ3n) is 6.47. The molecule has 0 spiro atoms. The predicted molar refractivity (Wildman–Crippen MR) is 145 cm³/mol. The number of anilines is 1. The van der Waals surface area contributed by atoms with Crippen LogP contribution < -0.4 is 15.6 Å². The molecule has 4 aromatic rings. The van der Waals surface area contributed by atoms with Crippen LogP contribution in [0.5, 0.6) is 5.75 Å². The number of hydrogen-bond donors (Lipinski definition) is 1. The lowest BCUT2D eigenvalue weighted by molar-refractivity contribution is 0.0731. The summed E-state index contributed by atoms with van der Waals surface area (Å²) < 4.78 is 34.6. The van der Waals surface area contributed by atoms with Crippen molar-refractivity contribution in [3.63, 3.8) is 0 Å².